The molecule has 0 aliphatic heterocycles. The molecule has 7 heteroatoms. The molecule has 2 heterocycles. The molecule has 0 spiro atoms. The monoisotopic (exact) mass is 346 g/mol. The van der Waals surface area contributed by atoms with Crippen LogP contribution in [0.15, 0.2) is 15.6 Å². The molecule has 0 bridgehead atoms. The molecule has 0 radical (unpaired) electrons. The Morgan fingerprint density at radius 2 is 2.04 bits per heavy atom. The van der Waals surface area contributed by atoms with E-state index in [0.29, 0.717) is 5.92 Å². The summed E-state index contributed by atoms with van der Waals surface area (Å²) in [6, 6.07) is 2.10. The zero-order valence-electron chi connectivity index (χ0n) is 16.2. The second-order valence-electron chi connectivity index (χ2n) is 6.52. The minimum atomic E-state index is 0.305. The summed E-state index contributed by atoms with van der Waals surface area (Å²) in [4.78, 5) is 4.29. The van der Waals surface area contributed by atoms with Crippen molar-refractivity contribution < 1.29 is 4.52 Å². The summed E-state index contributed by atoms with van der Waals surface area (Å²) in [7, 11) is 1.79. The molecule has 2 aromatic heterocycles. The Hall–Kier alpha value is -2.31. The smallest absolute Gasteiger partial charge is 0.190 e. The van der Waals surface area contributed by atoms with Gasteiger partial charge in [0.1, 0.15) is 5.76 Å². The highest BCUT2D eigenvalue weighted by molar-refractivity contribution is 5.79. The van der Waals surface area contributed by atoms with Crippen LogP contribution in [0.4, 0.5) is 0 Å². The summed E-state index contributed by atoms with van der Waals surface area (Å²) in [5.74, 6) is 2.01. The van der Waals surface area contributed by atoms with Gasteiger partial charge in [0.25, 0.3) is 0 Å². The molecule has 2 rings (SSSR count). The minimum Gasteiger partial charge on any atom is -0.361 e. The average Bonchev–Trinajstić information content (AvgIpc) is 3.07. The van der Waals surface area contributed by atoms with E-state index in [-0.39, 0.29) is 0 Å². The number of aromatic nitrogens is 3. The van der Waals surface area contributed by atoms with Crippen LogP contribution >= 0.6 is 0 Å². The van der Waals surface area contributed by atoms with Crippen LogP contribution in [0.5, 0.6) is 0 Å². The molecule has 0 amide bonds. The quantitative estimate of drug-likeness (QED) is 0.457. The topological polar surface area (TPSA) is 80.3 Å². The standard InChI is InChI=1S/C18H30N6O/c1-12(17-15(4)23-25-16(17)5)11-21-18(19-6)20-8-7-9-24-14(3)10-13(2)22-24/h10,12H,7-9,11H2,1-6H3,(H2,19,20,21). The normalized spacial score (nSPS) is 13.1. The molecule has 0 aliphatic rings. The number of aryl methyl sites for hydroxylation is 5. The third-order valence-corrected chi connectivity index (χ3v) is 4.32. The van der Waals surface area contributed by atoms with Crippen molar-refractivity contribution in [1.82, 2.24) is 25.6 Å². The zero-order chi connectivity index (χ0) is 18.4. The van der Waals surface area contributed by atoms with E-state index in [1.807, 2.05) is 25.5 Å². The molecular weight excluding hydrogens is 316 g/mol. The minimum absolute atomic E-state index is 0.305. The SMILES string of the molecule is CN=C(NCCCn1nc(C)cc1C)NCC(C)c1c(C)noc1C. The molecule has 0 saturated heterocycles. The lowest BCUT2D eigenvalue weighted by Crippen LogP contribution is -2.39. The fourth-order valence-electron chi connectivity index (χ4n) is 3.10. The van der Waals surface area contributed by atoms with Gasteiger partial charge in [-0.05, 0) is 40.2 Å². The zero-order valence-corrected chi connectivity index (χ0v) is 16.2. The number of hydrogen-bond donors (Lipinski definition) is 2. The predicted octanol–water partition coefficient (Wildman–Crippen LogP) is 2.46. The number of nitrogens with zero attached hydrogens (tertiary/aromatic N) is 4. The summed E-state index contributed by atoms with van der Waals surface area (Å²) in [5.41, 5.74) is 4.40. The Bertz CT molecular complexity index is 696. The Morgan fingerprint density at radius 1 is 1.28 bits per heavy atom. The maximum Gasteiger partial charge on any atom is 0.190 e. The highest BCUT2D eigenvalue weighted by Crippen LogP contribution is 2.22. The van der Waals surface area contributed by atoms with E-state index < -0.39 is 0 Å². The molecule has 7 nitrogen and oxygen atoms in total. The second kappa shape index (κ2) is 8.69. The van der Waals surface area contributed by atoms with Crippen LogP contribution in [-0.2, 0) is 6.54 Å². The molecule has 25 heavy (non-hydrogen) atoms. The highest BCUT2D eigenvalue weighted by Gasteiger charge is 2.16. The first-order chi connectivity index (χ1) is 11.9. The Kier molecular flexibility index (Phi) is 6.61. The Labute approximate surface area is 149 Å². The van der Waals surface area contributed by atoms with Crippen molar-refractivity contribution in [2.75, 3.05) is 20.1 Å². The first kappa shape index (κ1) is 19.0. The highest BCUT2D eigenvalue weighted by atomic mass is 16.5. The van der Waals surface area contributed by atoms with Gasteiger partial charge in [-0.2, -0.15) is 5.10 Å². The van der Waals surface area contributed by atoms with Gasteiger partial charge in [-0.25, -0.2) is 0 Å². The molecule has 0 aromatic carbocycles. The molecule has 2 N–H and O–H groups in total. The molecular formula is C18H30N6O. The third-order valence-electron chi connectivity index (χ3n) is 4.32. The summed E-state index contributed by atoms with van der Waals surface area (Å²) in [6.45, 7) is 12.7. The number of nitrogens with one attached hydrogen (secondary N) is 2. The van der Waals surface area contributed by atoms with Gasteiger partial charge in [0, 0.05) is 43.9 Å². The van der Waals surface area contributed by atoms with Crippen molar-refractivity contribution in [2.24, 2.45) is 4.99 Å². The molecule has 1 atom stereocenters. The molecule has 138 valence electrons. The molecule has 0 aliphatic carbocycles. The van der Waals surface area contributed by atoms with E-state index in [0.717, 1.165) is 49.2 Å². The number of rotatable bonds is 7. The lowest BCUT2D eigenvalue weighted by molar-refractivity contribution is 0.391. The largest absolute Gasteiger partial charge is 0.361 e. The van der Waals surface area contributed by atoms with E-state index >= 15 is 0 Å². The number of aliphatic imine (C=N–C) groups is 1. The fourth-order valence-corrected chi connectivity index (χ4v) is 3.10. The first-order valence-corrected chi connectivity index (χ1v) is 8.80. The van der Waals surface area contributed by atoms with Crippen LogP contribution in [0.2, 0.25) is 0 Å². The van der Waals surface area contributed by atoms with Crippen molar-refractivity contribution in [1.29, 1.82) is 0 Å². The van der Waals surface area contributed by atoms with Crippen molar-refractivity contribution in [3.63, 3.8) is 0 Å². The lowest BCUT2D eigenvalue weighted by Gasteiger charge is -2.16. The molecule has 0 saturated carbocycles. The van der Waals surface area contributed by atoms with Gasteiger partial charge in [-0.3, -0.25) is 9.67 Å². The maximum atomic E-state index is 5.25. The third kappa shape index (κ3) is 5.08. The van der Waals surface area contributed by atoms with Crippen LogP contribution in [0.3, 0.4) is 0 Å². The van der Waals surface area contributed by atoms with Crippen LogP contribution < -0.4 is 10.6 Å². The van der Waals surface area contributed by atoms with E-state index in [2.05, 4.69) is 45.8 Å². The van der Waals surface area contributed by atoms with E-state index in [9.17, 15) is 0 Å². The van der Waals surface area contributed by atoms with Gasteiger partial charge < -0.3 is 15.2 Å². The predicted molar refractivity (Wildman–Crippen MR) is 100 cm³/mol. The van der Waals surface area contributed by atoms with Gasteiger partial charge >= 0.3 is 0 Å². The summed E-state index contributed by atoms with van der Waals surface area (Å²) < 4.78 is 7.30. The van der Waals surface area contributed by atoms with Gasteiger partial charge in [0.15, 0.2) is 5.96 Å². The Balaban J connectivity index is 1.74. The summed E-state index contributed by atoms with van der Waals surface area (Å²) in [5, 5.41) is 15.2. The van der Waals surface area contributed by atoms with E-state index in [4.69, 9.17) is 4.52 Å². The van der Waals surface area contributed by atoms with Gasteiger partial charge in [-0.1, -0.05) is 12.1 Å². The summed E-state index contributed by atoms with van der Waals surface area (Å²) >= 11 is 0. The van der Waals surface area contributed by atoms with Crippen molar-refractivity contribution in [3.8, 4) is 0 Å². The second-order valence-corrected chi connectivity index (χ2v) is 6.52. The van der Waals surface area contributed by atoms with Crippen molar-refractivity contribution >= 4 is 5.96 Å². The van der Waals surface area contributed by atoms with E-state index in [1.54, 1.807) is 7.05 Å². The first-order valence-electron chi connectivity index (χ1n) is 8.80. The fraction of sp³-hybridized carbons (Fsp3) is 0.611. The average molecular weight is 346 g/mol. The van der Waals surface area contributed by atoms with Crippen molar-refractivity contribution in [3.05, 3.63) is 34.5 Å². The lowest BCUT2D eigenvalue weighted by atomic mass is 10.00. The Morgan fingerprint density at radius 3 is 2.60 bits per heavy atom. The number of guanidine groups is 1. The van der Waals surface area contributed by atoms with Crippen LogP contribution in [0.1, 0.15) is 47.7 Å². The molecule has 2 aromatic rings. The van der Waals surface area contributed by atoms with Crippen molar-refractivity contribution in [2.45, 2.75) is 53.5 Å². The van der Waals surface area contributed by atoms with Crippen LogP contribution in [0, 0.1) is 27.7 Å². The maximum absolute atomic E-state index is 5.25. The van der Waals surface area contributed by atoms with Gasteiger partial charge in [0.2, 0.25) is 0 Å². The molecule has 1 unspecified atom stereocenters. The van der Waals surface area contributed by atoms with Gasteiger partial charge in [-0.15, -0.1) is 0 Å². The van der Waals surface area contributed by atoms with Crippen LogP contribution in [0.25, 0.3) is 0 Å². The molecule has 0 fully saturated rings. The summed E-state index contributed by atoms with van der Waals surface area (Å²) in [6.07, 6.45) is 0.988. The van der Waals surface area contributed by atoms with Crippen LogP contribution in [-0.4, -0.2) is 41.0 Å². The number of hydrogen-bond acceptors (Lipinski definition) is 4. The van der Waals surface area contributed by atoms with E-state index in [1.165, 1.54) is 11.3 Å². The van der Waals surface area contributed by atoms with Gasteiger partial charge in [0.05, 0.1) is 11.4 Å².